The molecule has 5 nitrogen and oxygen atoms in total. The van der Waals surface area contributed by atoms with E-state index in [1.165, 1.54) is 0 Å². The summed E-state index contributed by atoms with van der Waals surface area (Å²) in [6.07, 6.45) is 2.22. The molecule has 0 spiro atoms. The number of aryl methyl sites for hydroxylation is 1. The number of anilines is 1. The zero-order valence-corrected chi connectivity index (χ0v) is 14.0. The van der Waals surface area contributed by atoms with Crippen LogP contribution in [0.1, 0.15) is 29.0 Å². The summed E-state index contributed by atoms with van der Waals surface area (Å²) >= 11 is 0. The summed E-state index contributed by atoms with van der Waals surface area (Å²) in [6.45, 7) is 0.497. The molecule has 0 aliphatic carbocycles. The fourth-order valence-corrected chi connectivity index (χ4v) is 3.25. The molecule has 5 heteroatoms. The summed E-state index contributed by atoms with van der Waals surface area (Å²) < 4.78 is 7.78. The van der Waals surface area contributed by atoms with Crippen LogP contribution in [-0.4, -0.2) is 15.7 Å². The number of benzene rings is 2. The highest BCUT2D eigenvalue weighted by Crippen LogP contribution is 2.40. The van der Waals surface area contributed by atoms with E-state index in [2.05, 4.69) is 10.4 Å². The Morgan fingerprint density at radius 1 is 1.12 bits per heavy atom. The lowest BCUT2D eigenvalue weighted by Gasteiger charge is -2.25. The number of nitrogens with one attached hydrogen (secondary N) is 1. The molecule has 0 saturated carbocycles. The number of carbonyl (C=O) groups excluding carboxylic acids is 1. The lowest BCUT2D eigenvalue weighted by atomic mass is 9.87. The smallest absolute Gasteiger partial charge is 0.226 e. The molecule has 1 aromatic heterocycles. The molecule has 1 N–H and O–H groups in total. The second-order valence-corrected chi connectivity index (χ2v) is 6.19. The molecule has 126 valence electrons. The van der Waals surface area contributed by atoms with Crippen LogP contribution >= 0.6 is 0 Å². The van der Waals surface area contributed by atoms with Crippen molar-refractivity contribution in [3.63, 3.8) is 0 Å². The predicted molar refractivity (Wildman–Crippen MR) is 95.5 cm³/mol. The monoisotopic (exact) mass is 333 g/mol. The minimum Gasteiger partial charge on any atom is -0.489 e. The Kier molecular flexibility index (Phi) is 3.98. The van der Waals surface area contributed by atoms with E-state index in [0.29, 0.717) is 13.0 Å². The minimum atomic E-state index is -0.0515. The second-order valence-electron chi connectivity index (χ2n) is 6.19. The van der Waals surface area contributed by atoms with E-state index in [0.717, 1.165) is 28.3 Å². The van der Waals surface area contributed by atoms with E-state index in [1.807, 2.05) is 67.8 Å². The largest absolute Gasteiger partial charge is 0.489 e. The van der Waals surface area contributed by atoms with Gasteiger partial charge in [-0.2, -0.15) is 5.10 Å². The number of para-hydroxylation sites is 1. The number of hydrogen-bond donors (Lipinski definition) is 1. The van der Waals surface area contributed by atoms with Gasteiger partial charge in [-0.1, -0.05) is 48.5 Å². The standard InChI is InChI=1S/C20H19N3O2/c1-23-20-17(12-21-23)16(11-19(24)22-20)15-9-5-6-10-18(15)25-13-14-7-3-2-4-8-14/h2-10,12,16H,11,13H2,1H3,(H,22,24)/t16-/m0/s1. The van der Waals surface area contributed by atoms with E-state index in [4.69, 9.17) is 4.74 Å². The van der Waals surface area contributed by atoms with Gasteiger partial charge in [-0.3, -0.25) is 9.48 Å². The molecule has 0 fully saturated rings. The first-order valence-corrected chi connectivity index (χ1v) is 8.30. The number of ether oxygens (including phenoxy) is 1. The molecular weight excluding hydrogens is 314 g/mol. The highest BCUT2D eigenvalue weighted by Gasteiger charge is 2.31. The summed E-state index contributed by atoms with van der Waals surface area (Å²) in [5.41, 5.74) is 3.15. The molecule has 1 aliphatic rings. The Hall–Kier alpha value is -3.08. The maximum atomic E-state index is 12.2. The van der Waals surface area contributed by atoms with Gasteiger partial charge in [0.25, 0.3) is 0 Å². The molecule has 2 aromatic carbocycles. The number of nitrogens with zero attached hydrogens (tertiary/aromatic N) is 2. The number of aromatic nitrogens is 2. The molecule has 0 bridgehead atoms. The number of hydrogen-bond acceptors (Lipinski definition) is 3. The van der Waals surface area contributed by atoms with Gasteiger partial charge in [0.15, 0.2) is 0 Å². The van der Waals surface area contributed by atoms with Gasteiger partial charge in [-0.25, -0.2) is 0 Å². The lowest BCUT2D eigenvalue weighted by Crippen LogP contribution is -2.24. The van der Waals surface area contributed by atoms with Crippen LogP contribution in [0.15, 0.2) is 60.8 Å². The van der Waals surface area contributed by atoms with Crippen molar-refractivity contribution in [1.29, 1.82) is 0 Å². The van der Waals surface area contributed by atoms with E-state index in [9.17, 15) is 4.79 Å². The summed E-state index contributed by atoms with van der Waals surface area (Å²) in [7, 11) is 1.83. The summed E-state index contributed by atoms with van der Waals surface area (Å²) in [4.78, 5) is 12.2. The van der Waals surface area contributed by atoms with Gasteiger partial charge >= 0.3 is 0 Å². The van der Waals surface area contributed by atoms with Crippen molar-refractivity contribution in [3.8, 4) is 5.75 Å². The SMILES string of the molecule is Cn1ncc2c1NC(=O)C[C@H]2c1ccccc1OCc1ccccc1. The maximum absolute atomic E-state index is 12.2. The number of rotatable bonds is 4. The van der Waals surface area contributed by atoms with Crippen molar-refractivity contribution >= 4 is 11.7 Å². The first-order valence-electron chi connectivity index (χ1n) is 8.30. The Morgan fingerprint density at radius 2 is 1.88 bits per heavy atom. The third-order valence-corrected chi connectivity index (χ3v) is 4.52. The summed E-state index contributed by atoms with van der Waals surface area (Å²) in [6, 6.07) is 18.0. The molecular formula is C20H19N3O2. The Labute approximate surface area is 146 Å². The van der Waals surface area contributed by atoms with Crippen LogP contribution in [-0.2, 0) is 18.4 Å². The molecule has 1 amide bonds. The van der Waals surface area contributed by atoms with E-state index >= 15 is 0 Å². The Bertz CT molecular complexity index is 902. The zero-order valence-electron chi connectivity index (χ0n) is 14.0. The number of fused-ring (bicyclic) bond motifs is 1. The van der Waals surface area contributed by atoms with Gasteiger partial charge in [0.05, 0.1) is 6.20 Å². The molecule has 3 aromatic rings. The van der Waals surface area contributed by atoms with Crippen LogP contribution in [0.4, 0.5) is 5.82 Å². The maximum Gasteiger partial charge on any atom is 0.226 e. The summed E-state index contributed by atoms with van der Waals surface area (Å²) in [5.74, 6) is 1.52. The van der Waals surface area contributed by atoms with Gasteiger partial charge in [0.1, 0.15) is 18.2 Å². The average Bonchev–Trinajstić information content (AvgIpc) is 3.01. The highest BCUT2D eigenvalue weighted by molar-refractivity contribution is 5.94. The van der Waals surface area contributed by atoms with Gasteiger partial charge in [-0.05, 0) is 11.6 Å². The third kappa shape index (κ3) is 3.01. The van der Waals surface area contributed by atoms with Crippen molar-refractivity contribution in [2.45, 2.75) is 18.9 Å². The van der Waals surface area contributed by atoms with Crippen molar-refractivity contribution in [2.24, 2.45) is 7.05 Å². The molecule has 4 rings (SSSR count). The fourth-order valence-electron chi connectivity index (χ4n) is 3.25. The lowest BCUT2D eigenvalue weighted by molar-refractivity contribution is -0.116. The third-order valence-electron chi connectivity index (χ3n) is 4.52. The van der Waals surface area contributed by atoms with Crippen molar-refractivity contribution in [1.82, 2.24) is 9.78 Å². The van der Waals surface area contributed by atoms with Crippen LogP contribution in [0, 0.1) is 0 Å². The first-order chi connectivity index (χ1) is 12.2. The number of carbonyl (C=O) groups is 1. The summed E-state index contributed by atoms with van der Waals surface area (Å²) in [5, 5.41) is 7.20. The Balaban J connectivity index is 1.66. The van der Waals surface area contributed by atoms with Crippen molar-refractivity contribution in [3.05, 3.63) is 77.5 Å². The minimum absolute atomic E-state index is 0.000961. The molecule has 1 aliphatic heterocycles. The topological polar surface area (TPSA) is 56.2 Å². The number of amides is 1. The van der Waals surface area contributed by atoms with Crippen LogP contribution in [0.5, 0.6) is 5.75 Å². The van der Waals surface area contributed by atoms with E-state index in [-0.39, 0.29) is 11.8 Å². The zero-order chi connectivity index (χ0) is 17.2. The van der Waals surface area contributed by atoms with Crippen molar-refractivity contribution in [2.75, 3.05) is 5.32 Å². The van der Waals surface area contributed by atoms with Gasteiger partial charge in [0.2, 0.25) is 5.91 Å². The predicted octanol–water partition coefficient (Wildman–Crippen LogP) is 3.47. The molecule has 0 saturated heterocycles. The first kappa shape index (κ1) is 15.4. The van der Waals surface area contributed by atoms with Crippen LogP contribution in [0.25, 0.3) is 0 Å². The normalized spacial score (nSPS) is 16.2. The molecule has 25 heavy (non-hydrogen) atoms. The molecule has 0 radical (unpaired) electrons. The van der Waals surface area contributed by atoms with Gasteiger partial charge < -0.3 is 10.1 Å². The van der Waals surface area contributed by atoms with E-state index < -0.39 is 0 Å². The van der Waals surface area contributed by atoms with E-state index in [1.54, 1.807) is 4.68 Å². The Morgan fingerprint density at radius 3 is 2.72 bits per heavy atom. The molecule has 2 heterocycles. The van der Waals surface area contributed by atoms with Crippen LogP contribution in [0.2, 0.25) is 0 Å². The van der Waals surface area contributed by atoms with Gasteiger partial charge in [0, 0.05) is 30.5 Å². The second kappa shape index (κ2) is 6.43. The van der Waals surface area contributed by atoms with Crippen LogP contribution in [0.3, 0.4) is 0 Å². The fraction of sp³-hybridized carbons (Fsp3) is 0.200. The molecule has 1 atom stereocenters. The average molecular weight is 333 g/mol. The van der Waals surface area contributed by atoms with Crippen LogP contribution < -0.4 is 10.1 Å². The highest BCUT2D eigenvalue weighted by atomic mass is 16.5. The quantitative estimate of drug-likeness (QED) is 0.795. The van der Waals surface area contributed by atoms with Crippen molar-refractivity contribution < 1.29 is 9.53 Å². The van der Waals surface area contributed by atoms with Gasteiger partial charge in [-0.15, -0.1) is 0 Å². The molecule has 0 unspecified atom stereocenters.